The van der Waals surface area contributed by atoms with Crippen molar-refractivity contribution in [3.8, 4) is 16.3 Å². The lowest BCUT2D eigenvalue weighted by Gasteiger charge is -2.20. The van der Waals surface area contributed by atoms with Crippen LogP contribution in [0.2, 0.25) is 5.02 Å². The van der Waals surface area contributed by atoms with Gasteiger partial charge < -0.3 is 4.74 Å². The van der Waals surface area contributed by atoms with E-state index in [1.165, 1.54) is 16.9 Å². The summed E-state index contributed by atoms with van der Waals surface area (Å²) >= 11 is 7.22. The Morgan fingerprint density at radius 3 is 2.34 bits per heavy atom. The molecule has 2 aromatic carbocycles. The number of nitrogens with one attached hydrogen (secondary N) is 1. The molecule has 1 aromatic heterocycles. The van der Waals surface area contributed by atoms with Crippen LogP contribution in [-0.4, -0.2) is 22.2 Å². The average Bonchev–Trinajstić information content (AvgIpc) is 3.14. The predicted octanol–water partition coefficient (Wildman–Crippen LogP) is 5.95. The van der Waals surface area contributed by atoms with Gasteiger partial charge in [0.2, 0.25) is 5.13 Å². The maximum Gasteiger partial charge on any atom is 0.267 e. The maximum atomic E-state index is 12.6. The van der Waals surface area contributed by atoms with E-state index in [0.717, 1.165) is 5.56 Å². The van der Waals surface area contributed by atoms with Gasteiger partial charge in [-0.05, 0) is 41.7 Å². The smallest absolute Gasteiger partial charge is 0.267 e. The number of carbonyl (C=O) groups is 1. The Balaban J connectivity index is 1.65. The van der Waals surface area contributed by atoms with Crippen molar-refractivity contribution in [2.45, 2.75) is 45.6 Å². The Morgan fingerprint density at radius 1 is 1.10 bits per heavy atom. The first-order valence-corrected chi connectivity index (χ1v) is 10.6. The minimum atomic E-state index is -0.613. The van der Waals surface area contributed by atoms with E-state index in [4.69, 9.17) is 16.3 Å². The lowest BCUT2D eigenvalue weighted by molar-refractivity contribution is -0.122. The zero-order valence-electron chi connectivity index (χ0n) is 16.9. The van der Waals surface area contributed by atoms with E-state index in [-0.39, 0.29) is 11.3 Å². The van der Waals surface area contributed by atoms with Gasteiger partial charge in [0.1, 0.15) is 10.8 Å². The molecule has 3 aromatic rings. The topological polar surface area (TPSA) is 64.1 Å². The highest BCUT2D eigenvalue weighted by molar-refractivity contribution is 7.18. The molecule has 29 heavy (non-hydrogen) atoms. The number of rotatable bonds is 6. The third kappa shape index (κ3) is 5.55. The van der Waals surface area contributed by atoms with Gasteiger partial charge in [-0.3, -0.25) is 10.1 Å². The number of anilines is 1. The number of nitrogens with zero attached hydrogens (tertiary/aromatic N) is 2. The van der Waals surface area contributed by atoms with Crippen LogP contribution in [-0.2, 0) is 10.2 Å². The summed E-state index contributed by atoms with van der Waals surface area (Å²) in [6.45, 7) is 8.38. The second-order valence-electron chi connectivity index (χ2n) is 7.70. The summed E-state index contributed by atoms with van der Waals surface area (Å²) in [5.41, 5.74) is 2.18. The Morgan fingerprint density at radius 2 is 1.76 bits per heavy atom. The van der Waals surface area contributed by atoms with E-state index in [0.29, 0.717) is 27.3 Å². The SMILES string of the molecule is CCC(Oc1ccc(C(C)(C)C)cc1)C(=O)Nc1nnc(-c2ccc(Cl)cc2)s1. The van der Waals surface area contributed by atoms with Gasteiger partial charge in [-0.2, -0.15) is 0 Å². The molecule has 1 unspecified atom stereocenters. The van der Waals surface area contributed by atoms with Gasteiger partial charge in [-0.1, -0.05) is 74.9 Å². The molecule has 0 aliphatic rings. The first kappa shape index (κ1) is 21.3. The number of halogens is 1. The van der Waals surface area contributed by atoms with Gasteiger partial charge >= 0.3 is 0 Å². The van der Waals surface area contributed by atoms with Crippen molar-refractivity contribution in [1.29, 1.82) is 0 Å². The van der Waals surface area contributed by atoms with Crippen LogP contribution in [0.5, 0.6) is 5.75 Å². The first-order chi connectivity index (χ1) is 13.8. The average molecular weight is 430 g/mol. The van der Waals surface area contributed by atoms with E-state index in [2.05, 4.69) is 36.3 Å². The molecule has 5 nitrogen and oxygen atoms in total. The molecule has 0 radical (unpaired) electrons. The molecule has 7 heteroatoms. The van der Waals surface area contributed by atoms with Crippen LogP contribution in [0.1, 0.15) is 39.7 Å². The minimum absolute atomic E-state index is 0.0691. The molecule has 0 fully saturated rings. The van der Waals surface area contributed by atoms with Gasteiger partial charge in [-0.15, -0.1) is 10.2 Å². The van der Waals surface area contributed by atoms with Gasteiger partial charge in [0, 0.05) is 10.6 Å². The fourth-order valence-electron chi connectivity index (χ4n) is 2.69. The summed E-state index contributed by atoms with van der Waals surface area (Å²) < 4.78 is 5.90. The van der Waals surface area contributed by atoms with E-state index in [1.54, 1.807) is 12.1 Å². The third-order valence-corrected chi connectivity index (χ3v) is 5.55. The van der Waals surface area contributed by atoms with Crippen molar-refractivity contribution in [3.05, 3.63) is 59.1 Å². The summed E-state index contributed by atoms with van der Waals surface area (Å²) in [6.07, 6.45) is -0.0752. The summed E-state index contributed by atoms with van der Waals surface area (Å²) in [4.78, 5) is 12.6. The van der Waals surface area contributed by atoms with Gasteiger partial charge in [0.25, 0.3) is 5.91 Å². The quantitative estimate of drug-likeness (QED) is 0.525. The first-order valence-electron chi connectivity index (χ1n) is 9.44. The third-order valence-electron chi connectivity index (χ3n) is 4.41. The molecule has 0 aliphatic carbocycles. The summed E-state index contributed by atoms with van der Waals surface area (Å²) in [7, 11) is 0. The van der Waals surface area contributed by atoms with Gasteiger partial charge in [0.15, 0.2) is 6.10 Å². The Labute approximate surface area is 180 Å². The standard InChI is InChI=1S/C22H24ClN3O2S/c1-5-18(28-17-12-8-15(9-13-17)22(2,3)4)19(27)24-21-26-25-20(29-21)14-6-10-16(23)11-7-14/h6-13,18H,5H2,1-4H3,(H,24,26,27). The van der Waals surface area contributed by atoms with E-state index >= 15 is 0 Å². The van der Waals surface area contributed by atoms with E-state index in [1.807, 2.05) is 43.3 Å². The fourth-order valence-corrected chi connectivity index (χ4v) is 3.57. The highest BCUT2D eigenvalue weighted by atomic mass is 35.5. The highest BCUT2D eigenvalue weighted by Crippen LogP contribution is 2.28. The molecular formula is C22H24ClN3O2S. The molecule has 152 valence electrons. The van der Waals surface area contributed by atoms with Crippen LogP contribution in [0.4, 0.5) is 5.13 Å². The lowest BCUT2D eigenvalue weighted by atomic mass is 9.87. The highest BCUT2D eigenvalue weighted by Gasteiger charge is 2.21. The number of hydrogen-bond acceptors (Lipinski definition) is 5. The summed E-state index contributed by atoms with van der Waals surface area (Å²) in [5, 5.41) is 12.8. The van der Waals surface area contributed by atoms with Crippen molar-refractivity contribution in [2.24, 2.45) is 0 Å². The molecule has 3 rings (SSSR count). The fraction of sp³-hybridized carbons (Fsp3) is 0.318. The number of ether oxygens (including phenoxy) is 1. The summed E-state index contributed by atoms with van der Waals surface area (Å²) in [6, 6.07) is 15.2. The normalized spacial score (nSPS) is 12.4. The predicted molar refractivity (Wildman–Crippen MR) is 119 cm³/mol. The Hall–Kier alpha value is -2.44. The van der Waals surface area contributed by atoms with Crippen molar-refractivity contribution in [3.63, 3.8) is 0 Å². The van der Waals surface area contributed by atoms with Crippen LogP contribution >= 0.6 is 22.9 Å². The van der Waals surface area contributed by atoms with Crippen LogP contribution in [0.3, 0.4) is 0 Å². The van der Waals surface area contributed by atoms with Crippen molar-refractivity contribution >= 4 is 34.0 Å². The number of carbonyl (C=O) groups excluding carboxylic acids is 1. The van der Waals surface area contributed by atoms with Gasteiger partial charge in [-0.25, -0.2) is 0 Å². The zero-order chi connectivity index (χ0) is 21.0. The van der Waals surface area contributed by atoms with Crippen molar-refractivity contribution in [1.82, 2.24) is 10.2 Å². The lowest BCUT2D eigenvalue weighted by Crippen LogP contribution is -2.32. The Kier molecular flexibility index (Phi) is 6.55. The molecule has 0 saturated heterocycles. The maximum absolute atomic E-state index is 12.6. The van der Waals surface area contributed by atoms with Gasteiger partial charge in [0.05, 0.1) is 0 Å². The number of aromatic nitrogens is 2. The molecule has 0 spiro atoms. The number of amides is 1. The molecule has 1 amide bonds. The Bertz CT molecular complexity index is 963. The molecule has 0 saturated carbocycles. The van der Waals surface area contributed by atoms with E-state index in [9.17, 15) is 4.79 Å². The molecular weight excluding hydrogens is 406 g/mol. The molecule has 0 aliphatic heterocycles. The van der Waals surface area contributed by atoms with Crippen LogP contribution < -0.4 is 10.1 Å². The second kappa shape index (κ2) is 8.93. The number of benzene rings is 2. The van der Waals surface area contributed by atoms with E-state index < -0.39 is 6.10 Å². The van der Waals surface area contributed by atoms with Crippen LogP contribution in [0, 0.1) is 0 Å². The number of hydrogen-bond donors (Lipinski definition) is 1. The van der Waals surface area contributed by atoms with Crippen LogP contribution in [0.25, 0.3) is 10.6 Å². The molecule has 1 heterocycles. The largest absolute Gasteiger partial charge is 0.481 e. The van der Waals surface area contributed by atoms with Crippen molar-refractivity contribution in [2.75, 3.05) is 5.32 Å². The minimum Gasteiger partial charge on any atom is -0.481 e. The van der Waals surface area contributed by atoms with Crippen LogP contribution in [0.15, 0.2) is 48.5 Å². The molecule has 1 N–H and O–H groups in total. The second-order valence-corrected chi connectivity index (χ2v) is 9.11. The zero-order valence-corrected chi connectivity index (χ0v) is 18.5. The van der Waals surface area contributed by atoms with Crippen molar-refractivity contribution < 1.29 is 9.53 Å². The molecule has 0 bridgehead atoms. The monoisotopic (exact) mass is 429 g/mol. The molecule has 1 atom stereocenters. The summed E-state index contributed by atoms with van der Waals surface area (Å²) in [5.74, 6) is 0.422.